The molecule has 1 heterocycles. The van der Waals surface area contributed by atoms with Crippen LogP contribution in [-0.4, -0.2) is 10.2 Å². The zero-order valence-electron chi connectivity index (χ0n) is 6.55. The number of nitrogens with one attached hydrogen (secondary N) is 1. The normalized spacial score (nSPS) is 16.1. The summed E-state index contributed by atoms with van der Waals surface area (Å²) in [6.07, 6.45) is 5.92. The van der Waals surface area contributed by atoms with Gasteiger partial charge in [-0.05, 0) is 30.4 Å². The van der Waals surface area contributed by atoms with Crippen molar-refractivity contribution in [1.82, 2.24) is 4.98 Å². The van der Waals surface area contributed by atoms with Crippen molar-refractivity contribution in [2.24, 2.45) is 0 Å². The third-order valence-corrected chi connectivity index (χ3v) is 2.31. The monoisotopic (exact) mass is 180 g/mol. The maximum Gasteiger partial charge on any atom is 0.128 e. The Bertz CT molecular complexity index is 318. The van der Waals surface area contributed by atoms with Crippen LogP contribution in [0.4, 0.5) is 0 Å². The first-order valence-corrected chi connectivity index (χ1v) is 4.35. The van der Waals surface area contributed by atoms with Gasteiger partial charge in [0.2, 0.25) is 0 Å². The molecule has 1 N–H and O–H groups in total. The van der Waals surface area contributed by atoms with Gasteiger partial charge in [0, 0.05) is 18.0 Å². The predicted octanol–water partition coefficient (Wildman–Crippen LogP) is 2.52. The molecule has 1 aromatic heterocycles. The zero-order valence-corrected chi connectivity index (χ0v) is 7.30. The lowest BCUT2D eigenvalue weighted by Crippen LogP contribution is -1.96. The first-order chi connectivity index (χ1) is 5.79. The fourth-order valence-electron chi connectivity index (χ4n) is 1.33. The molecule has 0 spiro atoms. The number of aromatic nitrogens is 1. The van der Waals surface area contributed by atoms with Crippen LogP contribution in [0.5, 0.6) is 0 Å². The summed E-state index contributed by atoms with van der Waals surface area (Å²) in [5, 5.41) is 7.46. The lowest BCUT2D eigenvalue weighted by molar-refractivity contribution is 1.09. The molecule has 0 atom stereocenters. The van der Waals surface area contributed by atoms with Crippen LogP contribution in [0.1, 0.15) is 29.9 Å². The van der Waals surface area contributed by atoms with Crippen molar-refractivity contribution in [3.05, 3.63) is 29.6 Å². The van der Waals surface area contributed by atoms with Crippen LogP contribution < -0.4 is 0 Å². The standard InChI is InChI=1S/C9H9ClN2/c10-9(11)7-3-4-12-5-8(7)6-1-2-6/h3-6,11H,1-2H2. The molecule has 12 heavy (non-hydrogen) atoms. The van der Waals surface area contributed by atoms with Crippen molar-refractivity contribution < 1.29 is 0 Å². The average Bonchev–Trinajstić information content (AvgIpc) is 2.87. The van der Waals surface area contributed by atoms with E-state index in [2.05, 4.69) is 4.98 Å². The smallest absolute Gasteiger partial charge is 0.128 e. The fourth-order valence-corrected chi connectivity index (χ4v) is 1.50. The second-order valence-electron chi connectivity index (χ2n) is 3.05. The van der Waals surface area contributed by atoms with Gasteiger partial charge in [-0.15, -0.1) is 0 Å². The van der Waals surface area contributed by atoms with E-state index in [1.807, 2.05) is 12.3 Å². The van der Waals surface area contributed by atoms with Crippen LogP contribution in [0, 0.1) is 5.41 Å². The minimum Gasteiger partial charge on any atom is -0.289 e. The number of halogens is 1. The van der Waals surface area contributed by atoms with Gasteiger partial charge in [-0.2, -0.15) is 0 Å². The van der Waals surface area contributed by atoms with Crippen LogP contribution in [-0.2, 0) is 0 Å². The second kappa shape index (κ2) is 2.87. The van der Waals surface area contributed by atoms with Crippen molar-refractivity contribution in [2.75, 3.05) is 0 Å². The summed E-state index contributed by atoms with van der Waals surface area (Å²) in [6.45, 7) is 0. The molecule has 1 aromatic rings. The first kappa shape index (κ1) is 7.74. The number of nitrogens with zero attached hydrogens (tertiary/aromatic N) is 1. The van der Waals surface area contributed by atoms with Gasteiger partial charge in [0.25, 0.3) is 0 Å². The molecule has 0 radical (unpaired) electrons. The molecule has 1 aliphatic rings. The molecular formula is C9H9ClN2. The molecule has 0 aromatic carbocycles. The third kappa shape index (κ3) is 1.34. The van der Waals surface area contributed by atoms with E-state index in [1.54, 1.807) is 6.20 Å². The number of hydrogen-bond acceptors (Lipinski definition) is 2. The highest BCUT2D eigenvalue weighted by atomic mass is 35.5. The van der Waals surface area contributed by atoms with E-state index in [9.17, 15) is 0 Å². The Morgan fingerprint density at radius 2 is 2.33 bits per heavy atom. The lowest BCUT2D eigenvalue weighted by atomic mass is 10.1. The predicted molar refractivity (Wildman–Crippen MR) is 48.9 cm³/mol. The molecule has 2 nitrogen and oxygen atoms in total. The van der Waals surface area contributed by atoms with Gasteiger partial charge < -0.3 is 0 Å². The van der Waals surface area contributed by atoms with E-state index >= 15 is 0 Å². The Balaban J connectivity index is 2.43. The Hall–Kier alpha value is -0.890. The van der Waals surface area contributed by atoms with Gasteiger partial charge in [-0.3, -0.25) is 10.4 Å². The molecule has 3 heteroatoms. The third-order valence-electron chi connectivity index (χ3n) is 2.11. The van der Waals surface area contributed by atoms with E-state index in [0.717, 1.165) is 11.1 Å². The van der Waals surface area contributed by atoms with Gasteiger partial charge in [-0.25, -0.2) is 0 Å². The molecule has 1 fully saturated rings. The van der Waals surface area contributed by atoms with Crippen molar-refractivity contribution in [3.8, 4) is 0 Å². The summed E-state index contributed by atoms with van der Waals surface area (Å²) in [5.74, 6) is 0.604. The van der Waals surface area contributed by atoms with Crippen molar-refractivity contribution in [1.29, 1.82) is 5.41 Å². The topological polar surface area (TPSA) is 36.7 Å². The van der Waals surface area contributed by atoms with Crippen LogP contribution >= 0.6 is 11.6 Å². The summed E-state index contributed by atoms with van der Waals surface area (Å²) in [6, 6.07) is 1.81. The molecule has 2 rings (SSSR count). The van der Waals surface area contributed by atoms with Gasteiger partial charge in [-0.1, -0.05) is 11.6 Å². The quantitative estimate of drug-likeness (QED) is 0.698. The number of hydrogen-bond donors (Lipinski definition) is 1. The van der Waals surface area contributed by atoms with Gasteiger partial charge >= 0.3 is 0 Å². The van der Waals surface area contributed by atoms with Gasteiger partial charge in [0.1, 0.15) is 5.17 Å². The number of pyridine rings is 1. The molecule has 1 aliphatic carbocycles. The lowest BCUT2D eigenvalue weighted by Gasteiger charge is -2.03. The Kier molecular flexibility index (Phi) is 1.85. The second-order valence-corrected chi connectivity index (χ2v) is 3.43. The Morgan fingerprint density at radius 3 is 2.92 bits per heavy atom. The Morgan fingerprint density at radius 1 is 1.58 bits per heavy atom. The van der Waals surface area contributed by atoms with Crippen LogP contribution in [0.2, 0.25) is 0 Å². The van der Waals surface area contributed by atoms with Crippen LogP contribution in [0.3, 0.4) is 0 Å². The highest BCUT2D eigenvalue weighted by Crippen LogP contribution is 2.41. The SMILES string of the molecule is N=C(Cl)c1ccncc1C1CC1. The van der Waals surface area contributed by atoms with E-state index < -0.39 is 0 Å². The molecule has 1 saturated carbocycles. The Labute approximate surface area is 76.1 Å². The largest absolute Gasteiger partial charge is 0.289 e. The summed E-state index contributed by atoms with van der Waals surface area (Å²) >= 11 is 5.64. The van der Waals surface area contributed by atoms with Crippen molar-refractivity contribution in [2.45, 2.75) is 18.8 Å². The van der Waals surface area contributed by atoms with Crippen molar-refractivity contribution >= 4 is 16.8 Å². The minimum absolute atomic E-state index is 0.124. The summed E-state index contributed by atoms with van der Waals surface area (Å²) in [5.41, 5.74) is 1.98. The molecule has 0 amide bonds. The maximum absolute atomic E-state index is 7.33. The van der Waals surface area contributed by atoms with Crippen LogP contribution in [0.25, 0.3) is 0 Å². The average molecular weight is 181 g/mol. The minimum atomic E-state index is 0.124. The van der Waals surface area contributed by atoms with Gasteiger partial charge in [0.05, 0.1) is 0 Å². The molecule has 0 aliphatic heterocycles. The first-order valence-electron chi connectivity index (χ1n) is 3.97. The van der Waals surface area contributed by atoms with E-state index in [1.165, 1.54) is 12.8 Å². The highest BCUT2D eigenvalue weighted by Gasteiger charge is 2.26. The summed E-state index contributed by atoms with van der Waals surface area (Å²) in [7, 11) is 0. The van der Waals surface area contributed by atoms with E-state index in [4.69, 9.17) is 17.0 Å². The van der Waals surface area contributed by atoms with E-state index in [0.29, 0.717) is 5.92 Å². The highest BCUT2D eigenvalue weighted by molar-refractivity contribution is 6.68. The van der Waals surface area contributed by atoms with Gasteiger partial charge in [0.15, 0.2) is 0 Å². The van der Waals surface area contributed by atoms with Crippen molar-refractivity contribution in [3.63, 3.8) is 0 Å². The summed E-state index contributed by atoms with van der Waals surface area (Å²) in [4.78, 5) is 4.03. The number of rotatable bonds is 2. The zero-order chi connectivity index (χ0) is 8.55. The fraction of sp³-hybridized carbons (Fsp3) is 0.333. The molecule has 0 bridgehead atoms. The maximum atomic E-state index is 7.33. The summed E-state index contributed by atoms with van der Waals surface area (Å²) < 4.78 is 0. The molecular weight excluding hydrogens is 172 g/mol. The molecule has 62 valence electrons. The van der Waals surface area contributed by atoms with E-state index in [-0.39, 0.29) is 5.17 Å². The molecule has 0 unspecified atom stereocenters. The van der Waals surface area contributed by atoms with Crippen LogP contribution in [0.15, 0.2) is 18.5 Å². The molecule has 0 saturated heterocycles.